The summed E-state index contributed by atoms with van der Waals surface area (Å²) >= 11 is 0. The molecule has 0 bridgehead atoms. The Morgan fingerprint density at radius 3 is 2.54 bits per heavy atom. The van der Waals surface area contributed by atoms with Crippen LogP contribution in [0.5, 0.6) is 0 Å². The molecule has 0 spiro atoms. The molecule has 1 aromatic rings. The highest BCUT2D eigenvalue weighted by Crippen LogP contribution is 2.39. The van der Waals surface area contributed by atoms with Crippen LogP contribution in [0.2, 0.25) is 0 Å². The lowest BCUT2D eigenvalue weighted by atomic mass is 9.77. The number of fused-ring (bicyclic) bond motifs is 1. The Bertz CT molecular complexity index is 709. The third-order valence-corrected chi connectivity index (χ3v) is 6.11. The number of hydrogen-bond acceptors (Lipinski definition) is 6. The number of likely N-dealkylation sites (tertiary alicyclic amines) is 1. The largest absolute Gasteiger partial charge is 0.468 e. The van der Waals surface area contributed by atoms with Crippen LogP contribution in [-0.2, 0) is 14.3 Å². The van der Waals surface area contributed by atoms with Crippen molar-refractivity contribution in [2.45, 2.75) is 25.0 Å². The standard InChI is InChI=1S/C21H31N3O4/c1-23(2)18-9-15-12-24(13-16(15)10-19(18)27-3)21(26)14-6-5-7-17(8-14)22-11-20(25)28-4/h5-8,15-16,18-19,22H,9-13H2,1-4H3/t15-,16+,18-,19-/m1/s1. The highest BCUT2D eigenvalue weighted by atomic mass is 16.5. The molecular weight excluding hydrogens is 358 g/mol. The van der Waals surface area contributed by atoms with Gasteiger partial charge in [-0.05, 0) is 57.0 Å². The van der Waals surface area contributed by atoms with Gasteiger partial charge in [0.2, 0.25) is 0 Å². The second kappa shape index (κ2) is 8.92. The third kappa shape index (κ3) is 4.47. The van der Waals surface area contributed by atoms with Crippen LogP contribution < -0.4 is 5.32 Å². The minimum Gasteiger partial charge on any atom is -0.468 e. The lowest BCUT2D eigenvalue weighted by molar-refractivity contribution is -0.138. The second-order valence-electron chi connectivity index (χ2n) is 8.02. The number of carbonyl (C=O) groups is 2. The van der Waals surface area contributed by atoms with Gasteiger partial charge in [0, 0.05) is 37.5 Å². The second-order valence-corrected chi connectivity index (χ2v) is 8.02. The van der Waals surface area contributed by atoms with Crippen molar-refractivity contribution in [2.75, 3.05) is 53.3 Å². The van der Waals surface area contributed by atoms with Gasteiger partial charge in [-0.2, -0.15) is 0 Å². The normalized spacial score (nSPS) is 26.8. The van der Waals surface area contributed by atoms with Crippen LogP contribution in [0.15, 0.2) is 24.3 Å². The summed E-state index contributed by atoms with van der Waals surface area (Å²) in [5.41, 5.74) is 1.38. The van der Waals surface area contributed by atoms with E-state index in [1.54, 1.807) is 13.2 Å². The molecule has 1 aliphatic carbocycles. The molecule has 0 unspecified atom stereocenters. The molecular formula is C21H31N3O4. The minimum atomic E-state index is -0.344. The number of methoxy groups -OCH3 is 2. The predicted molar refractivity (Wildman–Crippen MR) is 107 cm³/mol. The minimum absolute atomic E-state index is 0.0477. The van der Waals surface area contributed by atoms with Crippen molar-refractivity contribution in [3.8, 4) is 0 Å². The monoisotopic (exact) mass is 389 g/mol. The first kappa shape index (κ1) is 20.6. The highest BCUT2D eigenvalue weighted by molar-refractivity contribution is 5.95. The average molecular weight is 389 g/mol. The predicted octanol–water partition coefficient (Wildman–Crippen LogP) is 1.70. The lowest BCUT2D eigenvalue weighted by Crippen LogP contribution is -2.47. The molecule has 7 nitrogen and oxygen atoms in total. The third-order valence-electron chi connectivity index (χ3n) is 6.11. The van der Waals surface area contributed by atoms with Gasteiger partial charge in [0.05, 0.1) is 13.2 Å². The molecule has 4 atom stereocenters. The molecule has 1 aliphatic heterocycles. The number of likely N-dealkylation sites (N-methyl/N-ethyl adjacent to an activating group) is 1. The molecule has 3 rings (SSSR count). The summed E-state index contributed by atoms with van der Waals surface area (Å²) in [5.74, 6) is 0.712. The van der Waals surface area contributed by atoms with E-state index in [1.807, 2.05) is 23.1 Å². The Kier molecular flexibility index (Phi) is 6.57. The fourth-order valence-corrected chi connectivity index (χ4v) is 4.54. The van der Waals surface area contributed by atoms with Gasteiger partial charge in [0.15, 0.2) is 0 Å². The highest BCUT2D eigenvalue weighted by Gasteiger charge is 2.44. The molecule has 1 amide bonds. The fourth-order valence-electron chi connectivity index (χ4n) is 4.54. The number of carbonyl (C=O) groups excluding carboxylic acids is 2. The molecule has 1 N–H and O–H groups in total. The van der Waals surface area contributed by atoms with Crippen LogP contribution in [0, 0.1) is 11.8 Å². The van der Waals surface area contributed by atoms with Crippen molar-refractivity contribution >= 4 is 17.6 Å². The lowest BCUT2D eigenvalue weighted by Gasteiger charge is -2.40. The molecule has 0 radical (unpaired) electrons. The number of esters is 1. The van der Waals surface area contributed by atoms with Crippen LogP contribution in [0.4, 0.5) is 5.69 Å². The Hall–Kier alpha value is -2.12. The van der Waals surface area contributed by atoms with Crippen LogP contribution in [0.25, 0.3) is 0 Å². The molecule has 7 heteroatoms. The van der Waals surface area contributed by atoms with E-state index in [4.69, 9.17) is 4.74 Å². The van der Waals surface area contributed by atoms with Crippen molar-refractivity contribution in [1.29, 1.82) is 0 Å². The van der Waals surface area contributed by atoms with E-state index in [0.717, 1.165) is 31.6 Å². The summed E-state index contributed by atoms with van der Waals surface area (Å²) in [6, 6.07) is 7.70. The van der Waals surface area contributed by atoms with Crippen LogP contribution >= 0.6 is 0 Å². The van der Waals surface area contributed by atoms with Crippen molar-refractivity contribution in [2.24, 2.45) is 11.8 Å². The molecule has 154 valence electrons. The first-order valence-corrected chi connectivity index (χ1v) is 9.82. The molecule has 0 aromatic heterocycles. The Morgan fingerprint density at radius 2 is 1.89 bits per heavy atom. The number of amides is 1. The van der Waals surface area contributed by atoms with Crippen molar-refractivity contribution in [3.05, 3.63) is 29.8 Å². The molecule has 1 heterocycles. The number of nitrogens with zero attached hydrogens (tertiary/aromatic N) is 2. The number of benzene rings is 1. The summed E-state index contributed by atoms with van der Waals surface area (Å²) in [4.78, 5) is 28.6. The maximum atomic E-state index is 13.1. The van der Waals surface area contributed by atoms with E-state index in [2.05, 4.69) is 29.0 Å². The van der Waals surface area contributed by atoms with Crippen LogP contribution in [-0.4, -0.2) is 81.8 Å². The maximum absolute atomic E-state index is 13.1. The zero-order chi connectivity index (χ0) is 20.3. The van der Waals surface area contributed by atoms with Crippen molar-refractivity contribution in [1.82, 2.24) is 9.80 Å². The van der Waals surface area contributed by atoms with E-state index < -0.39 is 0 Å². The number of nitrogens with one attached hydrogen (secondary N) is 1. The molecule has 1 saturated carbocycles. The van der Waals surface area contributed by atoms with Gasteiger partial charge >= 0.3 is 5.97 Å². The van der Waals surface area contributed by atoms with Gasteiger partial charge in [0.25, 0.3) is 5.91 Å². The van der Waals surface area contributed by atoms with Gasteiger partial charge < -0.3 is 24.6 Å². The topological polar surface area (TPSA) is 71.1 Å². The average Bonchev–Trinajstić information content (AvgIpc) is 3.13. The molecule has 28 heavy (non-hydrogen) atoms. The van der Waals surface area contributed by atoms with Crippen molar-refractivity contribution in [3.63, 3.8) is 0 Å². The van der Waals surface area contributed by atoms with E-state index in [9.17, 15) is 9.59 Å². The maximum Gasteiger partial charge on any atom is 0.325 e. The summed E-state index contributed by atoms with van der Waals surface area (Å²) < 4.78 is 10.4. The number of rotatable bonds is 6. The first-order valence-electron chi connectivity index (χ1n) is 9.82. The zero-order valence-corrected chi connectivity index (χ0v) is 17.2. The molecule has 2 fully saturated rings. The van der Waals surface area contributed by atoms with E-state index in [1.165, 1.54) is 7.11 Å². The van der Waals surface area contributed by atoms with Gasteiger partial charge in [-0.15, -0.1) is 0 Å². The van der Waals surface area contributed by atoms with Gasteiger partial charge in [-0.25, -0.2) is 0 Å². The van der Waals surface area contributed by atoms with Crippen molar-refractivity contribution < 1.29 is 19.1 Å². The molecule has 2 aliphatic rings. The molecule has 1 saturated heterocycles. The summed E-state index contributed by atoms with van der Waals surface area (Å²) in [6.45, 7) is 1.65. The smallest absolute Gasteiger partial charge is 0.325 e. The van der Waals surface area contributed by atoms with Crippen LogP contribution in [0.1, 0.15) is 23.2 Å². The van der Waals surface area contributed by atoms with Gasteiger partial charge in [-0.1, -0.05) is 6.07 Å². The van der Waals surface area contributed by atoms with Gasteiger partial charge in [-0.3, -0.25) is 9.59 Å². The van der Waals surface area contributed by atoms with Gasteiger partial charge in [0.1, 0.15) is 6.54 Å². The fraction of sp³-hybridized carbons (Fsp3) is 0.619. The summed E-state index contributed by atoms with van der Waals surface area (Å²) in [7, 11) is 7.33. The zero-order valence-electron chi connectivity index (χ0n) is 17.2. The number of hydrogen-bond donors (Lipinski definition) is 1. The van der Waals surface area contributed by atoms with E-state index in [0.29, 0.717) is 23.4 Å². The number of anilines is 1. The summed E-state index contributed by atoms with van der Waals surface area (Å²) in [6.07, 6.45) is 2.27. The molecule has 1 aromatic carbocycles. The first-order chi connectivity index (χ1) is 13.4. The SMILES string of the molecule is COC(=O)CNc1cccc(C(=O)N2C[C@H]3C[C@@H](N(C)C)[C@H](OC)C[C@H]3C2)c1. The Labute approximate surface area is 167 Å². The quantitative estimate of drug-likeness (QED) is 0.747. The van der Waals surface area contributed by atoms with E-state index in [-0.39, 0.29) is 24.5 Å². The number of ether oxygens (including phenoxy) is 2. The summed E-state index contributed by atoms with van der Waals surface area (Å²) in [5, 5.41) is 3.00. The Balaban J connectivity index is 1.65. The Morgan fingerprint density at radius 1 is 1.18 bits per heavy atom. The van der Waals surface area contributed by atoms with Crippen LogP contribution in [0.3, 0.4) is 0 Å². The van der Waals surface area contributed by atoms with E-state index >= 15 is 0 Å².